The average Bonchev–Trinajstić information content (AvgIpc) is 3.13. The second kappa shape index (κ2) is 8.50. The first kappa shape index (κ1) is 20.4. The van der Waals surface area contributed by atoms with Gasteiger partial charge in [-0.15, -0.1) is 0 Å². The first-order valence-electron chi connectivity index (χ1n) is 11.0. The molecule has 2 aromatic heterocycles. The molecule has 0 radical (unpaired) electrons. The van der Waals surface area contributed by atoms with Crippen molar-refractivity contribution in [2.24, 2.45) is 13.0 Å². The van der Waals surface area contributed by atoms with Crippen molar-refractivity contribution < 1.29 is 0 Å². The molecular weight excluding hydrogens is 378 g/mol. The molecule has 0 saturated heterocycles. The smallest absolute Gasteiger partial charge is 0.332 e. The Kier molecular flexibility index (Phi) is 5.79. The molecule has 3 heterocycles. The van der Waals surface area contributed by atoms with E-state index in [4.69, 9.17) is 4.98 Å². The van der Waals surface area contributed by atoms with Gasteiger partial charge in [-0.2, -0.15) is 4.98 Å². The number of fused-ring (bicyclic) bond motifs is 3. The molecule has 1 aliphatic heterocycles. The molecule has 0 bridgehead atoms. The lowest BCUT2D eigenvalue weighted by Gasteiger charge is -2.33. The van der Waals surface area contributed by atoms with Crippen molar-refractivity contribution in [2.75, 3.05) is 18.0 Å². The molecule has 0 spiro atoms. The predicted octanol–water partition coefficient (Wildman–Crippen LogP) is 2.79. The molecule has 30 heavy (non-hydrogen) atoms. The number of aryl methyl sites for hydroxylation is 1. The minimum absolute atomic E-state index is 0.208. The van der Waals surface area contributed by atoms with Gasteiger partial charge in [0.05, 0.1) is 0 Å². The van der Waals surface area contributed by atoms with E-state index in [1.807, 2.05) is 10.6 Å². The summed E-state index contributed by atoms with van der Waals surface area (Å²) in [6, 6.07) is 10.4. The van der Waals surface area contributed by atoms with Crippen LogP contribution in [0.3, 0.4) is 0 Å². The van der Waals surface area contributed by atoms with Crippen LogP contribution in [0.4, 0.5) is 5.95 Å². The highest BCUT2D eigenvalue weighted by atomic mass is 16.2. The van der Waals surface area contributed by atoms with Crippen molar-refractivity contribution in [1.29, 1.82) is 0 Å². The Hall–Kier alpha value is -2.83. The van der Waals surface area contributed by atoms with Gasteiger partial charge in [-0.3, -0.25) is 13.9 Å². The molecule has 1 aromatic carbocycles. The first-order valence-corrected chi connectivity index (χ1v) is 11.0. The third-order valence-corrected chi connectivity index (χ3v) is 6.02. The van der Waals surface area contributed by atoms with Crippen LogP contribution in [-0.4, -0.2) is 31.8 Å². The summed E-state index contributed by atoms with van der Waals surface area (Å²) in [5, 5.41) is 0. The van der Waals surface area contributed by atoms with Crippen LogP contribution in [0.5, 0.6) is 0 Å². The SMILES string of the molecule is CCCCCn1c(=O)c2c(nc3n2CC(C)CN3CCc2ccccc2)n(C)c1=O. The molecule has 7 nitrogen and oxygen atoms in total. The Morgan fingerprint density at radius 3 is 2.57 bits per heavy atom. The van der Waals surface area contributed by atoms with Gasteiger partial charge in [-0.1, -0.05) is 57.0 Å². The summed E-state index contributed by atoms with van der Waals surface area (Å²) in [7, 11) is 1.72. The lowest BCUT2D eigenvalue weighted by molar-refractivity contribution is 0.436. The number of unbranched alkanes of at least 4 members (excludes halogenated alkanes) is 2. The molecule has 0 aliphatic carbocycles. The fourth-order valence-corrected chi connectivity index (χ4v) is 4.42. The zero-order valence-electron chi connectivity index (χ0n) is 18.2. The summed E-state index contributed by atoms with van der Waals surface area (Å²) >= 11 is 0. The Labute approximate surface area is 176 Å². The lowest BCUT2D eigenvalue weighted by atomic mass is 10.1. The van der Waals surface area contributed by atoms with Crippen LogP contribution in [0.25, 0.3) is 11.2 Å². The van der Waals surface area contributed by atoms with Gasteiger partial charge in [0, 0.05) is 33.2 Å². The predicted molar refractivity (Wildman–Crippen MR) is 120 cm³/mol. The van der Waals surface area contributed by atoms with E-state index in [2.05, 4.69) is 43.0 Å². The van der Waals surface area contributed by atoms with Gasteiger partial charge in [0.15, 0.2) is 11.2 Å². The molecule has 0 N–H and O–H groups in total. The van der Waals surface area contributed by atoms with Gasteiger partial charge in [-0.25, -0.2) is 4.79 Å². The molecule has 7 heteroatoms. The highest BCUT2D eigenvalue weighted by Gasteiger charge is 2.28. The van der Waals surface area contributed by atoms with Crippen molar-refractivity contribution in [3.8, 4) is 0 Å². The van der Waals surface area contributed by atoms with Crippen molar-refractivity contribution in [3.05, 3.63) is 56.7 Å². The summed E-state index contributed by atoms with van der Waals surface area (Å²) in [6.07, 6.45) is 3.80. The Bertz CT molecular complexity index is 1140. The van der Waals surface area contributed by atoms with Gasteiger partial charge in [-0.05, 0) is 24.3 Å². The van der Waals surface area contributed by atoms with Gasteiger partial charge in [0.1, 0.15) is 0 Å². The molecule has 0 fully saturated rings. The van der Waals surface area contributed by atoms with Crippen LogP contribution in [0.2, 0.25) is 0 Å². The average molecular weight is 410 g/mol. The number of aromatic nitrogens is 4. The van der Waals surface area contributed by atoms with E-state index in [0.29, 0.717) is 23.6 Å². The van der Waals surface area contributed by atoms with E-state index in [-0.39, 0.29) is 11.2 Å². The summed E-state index contributed by atoms with van der Waals surface area (Å²) < 4.78 is 4.96. The molecule has 0 amide bonds. The molecule has 160 valence electrons. The number of benzene rings is 1. The van der Waals surface area contributed by atoms with E-state index in [1.165, 1.54) is 14.7 Å². The van der Waals surface area contributed by atoms with Crippen molar-refractivity contribution in [3.63, 3.8) is 0 Å². The van der Waals surface area contributed by atoms with E-state index in [1.54, 1.807) is 7.05 Å². The van der Waals surface area contributed by atoms with Crippen molar-refractivity contribution >= 4 is 17.1 Å². The summed E-state index contributed by atoms with van der Waals surface area (Å²) in [5.41, 5.74) is 1.84. The zero-order chi connectivity index (χ0) is 21.3. The number of rotatable bonds is 7. The van der Waals surface area contributed by atoms with Crippen LogP contribution in [-0.2, 0) is 26.6 Å². The Morgan fingerprint density at radius 1 is 1.07 bits per heavy atom. The highest BCUT2D eigenvalue weighted by Crippen LogP contribution is 2.27. The topological polar surface area (TPSA) is 65.1 Å². The summed E-state index contributed by atoms with van der Waals surface area (Å²) in [5.74, 6) is 1.20. The normalized spacial score (nSPS) is 16.2. The largest absolute Gasteiger partial charge is 0.342 e. The maximum absolute atomic E-state index is 13.3. The molecular formula is C23H31N5O2. The zero-order valence-corrected chi connectivity index (χ0v) is 18.2. The number of nitrogens with zero attached hydrogens (tertiary/aromatic N) is 5. The second-order valence-electron chi connectivity index (χ2n) is 8.49. The van der Waals surface area contributed by atoms with Crippen molar-refractivity contribution in [1.82, 2.24) is 18.7 Å². The van der Waals surface area contributed by atoms with Gasteiger partial charge in [0.25, 0.3) is 5.56 Å². The van der Waals surface area contributed by atoms with Crippen LogP contribution < -0.4 is 16.1 Å². The lowest BCUT2D eigenvalue weighted by Crippen LogP contribution is -2.41. The quantitative estimate of drug-likeness (QED) is 0.563. The second-order valence-corrected chi connectivity index (χ2v) is 8.49. The number of hydrogen-bond donors (Lipinski definition) is 0. The van der Waals surface area contributed by atoms with Crippen LogP contribution in [0.15, 0.2) is 39.9 Å². The van der Waals surface area contributed by atoms with Gasteiger partial charge >= 0.3 is 5.69 Å². The number of hydrogen-bond acceptors (Lipinski definition) is 4. The molecule has 1 atom stereocenters. The molecule has 4 rings (SSSR count). The minimum atomic E-state index is -0.275. The van der Waals surface area contributed by atoms with E-state index < -0.39 is 0 Å². The highest BCUT2D eigenvalue weighted by molar-refractivity contribution is 5.75. The maximum atomic E-state index is 13.3. The molecule has 0 saturated carbocycles. The van der Waals surface area contributed by atoms with E-state index >= 15 is 0 Å². The number of imidazole rings is 1. The van der Waals surface area contributed by atoms with E-state index in [9.17, 15) is 9.59 Å². The number of anilines is 1. The standard InChI is InChI=1S/C23H31N5O2/c1-4-5-9-13-27-21(29)19-20(25(3)23(27)30)24-22-26(15-17(2)16-28(19)22)14-12-18-10-7-6-8-11-18/h6-8,10-11,17H,4-5,9,12-16H2,1-3H3. The molecule has 1 unspecified atom stereocenters. The minimum Gasteiger partial charge on any atom is -0.342 e. The van der Waals surface area contributed by atoms with Gasteiger partial charge < -0.3 is 9.47 Å². The fraction of sp³-hybridized carbons (Fsp3) is 0.522. The first-order chi connectivity index (χ1) is 14.5. The summed E-state index contributed by atoms with van der Waals surface area (Å²) in [6.45, 7) is 7.25. The summed E-state index contributed by atoms with van der Waals surface area (Å²) in [4.78, 5) is 33.2. The fourth-order valence-electron chi connectivity index (χ4n) is 4.42. The van der Waals surface area contributed by atoms with Crippen molar-refractivity contribution in [2.45, 2.75) is 52.6 Å². The van der Waals surface area contributed by atoms with Gasteiger partial charge in [0.2, 0.25) is 5.95 Å². The van der Waals surface area contributed by atoms with Crippen LogP contribution >= 0.6 is 0 Å². The van der Waals surface area contributed by atoms with E-state index in [0.717, 1.165) is 51.3 Å². The third kappa shape index (κ3) is 3.68. The Balaban J connectivity index is 1.75. The third-order valence-electron chi connectivity index (χ3n) is 6.02. The molecule has 3 aromatic rings. The van der Waals surface area contributed by atoms with Crippen LogP contribution in [0.1, 0.15) is 38.7 Å². The monoisotopic (exact) mass is 409 g/mol. The Morgan fingerprint density at radius 2 is 1.83 bits per heavy atom. The maximum Gasteiger partial charge on any atom is 0.332 e. The molecule has 1 aliphatic rings. The van der Waals surface area contributed by atoms with Crippen LogP contribution in [0, 0.1) is 5.92 Å².